The first-order valence-electron chi connectivity index (χ1n) is 8.55. The molecule has 0 saturated heterocycles. The molecular weight excluding hydrogens is 314 g/mol. The van der Waals surface area contributed by atoms with Crippen molar-refractivity contribution in [3.63, 3.8) is 0 Å². The summed E-state index contributed by atoms with van der Waals surface area (Å²) in [5.74, 6) is 0. The van der Waals surface area contributed by atoms with E-state index in [-0.39, 0.29) is 18.2 Å². The minimum Gasteiger partial charge on any atom is -0.390 e. The normalized spacial score (nSPS) is 16.3. The van der Waals surface area contributed by atoms with Crippen LogP contribution in [-0.2, 0) is 4.84 Å². The molecule has 2 aromatic rings. The number of benzene rings is 2. The first kappa shape index (κ1) is 17.0. The van der Waals surface area contributed by atoms with E-state index in [9.17, 15) is 4.79 Å². The van der Waals surface area contributed by atoms with Gasteiger partial charge >= 0.3 is 6.03 Å². The summed E-state index contributed by atoms with van der Waals surface area (Å²) >= 11 is 0. The molecule has 130 valence electrons. The Bertz CT molecular complexity index is 739. The summed E-state index contributed by atoms with van der Waals surface area (Å²) in [6.07, 6.45) is 0.564. The first-order chi connectivity index (χ1) is 12.1. The lowest BCUT2D eigenvalue weighted by atomic mass is 10.0. The Morgan fingerprint density at radius 2 is 1.72 bits per heavy atom. The predicted molar refractivity (Wildman–Crippen MR) is 99.6 cm³/mol. The van der Waals surface area contributed by atoms with Crippen LogP contribution in [0.15, 0.2) is 59.8 Å². The van der Waals surface area contributed by atoms with Crippen molar-refractivity contribution < 1.29 is 9.63 Å². The maximum Gasteiger partial charge on any atom is 0.315 e. The van der Waals surface area contributed by atoms with Gasteiger partial charge in [-0.3, -0.25) is 0 Å². The molecule has 1 atom stereocenters. The standard InChI is InChI=1S/C20H23N3O2/c1-14(2)22-20(24)21-13-18-12-19(23-25-18)17-10-8-16(9-11-17)15-6-4-3-5-7-15/h3-11,14,18H,12-13H2,1-2H3,(H2,21,22,24). The zero-order valence-corrected chi connectivity index (χ0v) is 14.5. The number of carbonyl (C=O) groups excluding carboxylic acids is 1. The molecule has 0 aliphatic carbocycles. The molecule has 0 saturated carbocycles. The van der Waals surface area contributed by atoms with Crippen molar-refractivity contribution in [2.75, 3.05) is 6.54 Å². The average Bonchev–Trinajstić information content (AvgIpc) is 3.09. The Kier molecular flexibility index (Phi) is 5.33. The van der Waals surface area contributed by atoms with Crippen LogP contribution in [0.2, 0.25) is 0 Å². The highest BCUT2D eigenvalue weighted by Gasteiger charge is 2.22. The van der Waals surface area contributed by atoms with E-state index < -0.39 is 0 Å². The van der Waals surface area contributed by atoms with Crippen molar-refractivity contribution in [1.29, 1.82) is 0 Å². The Hall–Kier alpha value is -2.82. The molecular formula is C20H23N3O2. The van der Waals surface area contributed by atoms with Gasteiger partial charge in [0.15, 0.2) is 6.10 Å². The van der Waals surface area contributed by atoms with Gasteiger partial charge in [-0.05, 0) is 30.5 Å². The highest BCUT2D eigenvalue weighted by Crippen LogP contribution is 2.22. The van der Waals surface area contributed by atoms with Crippen molar-refractivity contribution in [3.05, 3.63) is 60.2 Å². The van der Waals surface area contributed by atoms with Gasteiger partial charge in [0.05, 0.1) is 12.3 Å². The molecule has 1 aliphatic heterocycles. The lowest BCUT2D eigenvalue weighted by Crippen LogP contribution is -2.42. The summed E-state index contributed by atoms with van der Waals surface area (Å²) in [4.78, 5) is 17.1. The molecule has 1 unspecified atom stereocenters. The Morgan fingerprint density at radius 1 is 1.08 bits per heavy atom. The summed E-state index contributed by atoms with van der Waals surface area (Å²) in [5, 5.41) is 9.77. The molecule has 3 rings (SSSR count). The van der Waals surface area contributed by atoms with Crippen LogP contribution < -0.4 is 10.6 Å². The number of amides is 2. The number of urea groups is 1. The number of hydrogen-bond acceptors (Lipinski definition) is 3. The molecule has 0 radical (unpaired) electrons. The second kappa shape index (κ2) is 7.83. The van der Waals surface area contributed by atoms with Gasteiger partial charge in [-0.25, -0.2) is 4.79 Å². The number of nitrogens with zero attached hydrogens (tertiary/aromatic N) is 1. The molecule has 1 heterocycles. The van der Waals surface area contributed by atoms with Crippen LogP contribution in [-0.4, -0.2) is 30.4 Å². The van der Waals surface area contributed by atoms with Gasteiger partial charge in [0.25, 0.3) is 0 Å². The number of nitrogens with one attached hydrogen (secondary N) is 2. The quantitative estimate of drug-likeness (QED) is 0.876. The SMILES string of the molecule is CC(C)NC(=O)NCC1CC(c2ccc(-c3ccccc3)cc2)=NO1. The maximum absolute atomic E-state index is 11.6. The smallest absolute Gasteiger partial charge is 0.315 e. The van der Waals surface area contributed by atoms with E-state index in [1.807, 2.05) is 32.0 Å². The Labute approximate surface area is 148 Å². The molecule has 5 nitrogen and oxygen atoms in total. The van der Waals surface area contributed by atoms with Gasteiger partial charge < -0.3 is 15.5 Å². The van der Waals surface area contributed by atoms with E-state index in [0.29, 0.717) is 13.0 Å². The fourth-order valence-corrected chi connectivity index (χ4v) is 2.71. The average molecular weight is 337 g/mol. The van der Waals surface area contributed by atoms with Gasteiger partial charge in [0, 0.05) is 12.5 Å². The van der Waals surface area contributed by atoms with Crippen molar-refractivity contribution in [2.24, 2.45) is 5.16 Å². The molecule has 25 heavy (non-hydrogen) atoms. The van der Waals surface area contributed by atoms with E-state index in [0.717, 1.165) is 11.3 Å². The molecule has 2 amide bonds. The molecule has 2 N–H and O–H groups in total. The summed E-state index contributed by atoms with van der Waals surface area (Å²) < 4.78 is 0. The summed E-state index contributed by atoms with van der Waals surface area (Å²) in [7, 11) is 0. The summed E-state index contributed by atoms with van der Waals surface area (Å²) in [6.45, 7) is 4.28. The first-order valence-corrected chi connectivity index (χ1v) is 8.55. The van der Waals surface area contributed by atoms with Crippen LogP contribution in [0.5, 0.6) is 0 Å². The summed E-state index contributed by atoms with van der Waals surface area (Å²) in [5.41, 5.74) is 4.33. The van der Waals surface area contributed by atoms with Gasteiger partial charge in [0.2, 0.25) is 0 Å². The lowest BCUT2D eigenvalue weighted by molar-refractivity contribution is 0.0864. The van der Waals surface area contributed by atoms with Gasteiger partial charge in [-0.2, -0.15) is 0 Å². The monoisotopic (exact) mass is 337 g/mol. The van der Waals surface area contributed by atoms with Crippen LogP contribution in [0.25, 0.3) is 11.1 Å². The van der Waals surface area contributed by atoms with Crippen LogP contribution in [0, 0.1) is 0 Å². The largest absolute Gasteiger partial charge is 0.390 e. The molecule has 0 bridgehead atoms. The third-order valence-electron chi connectivity index (χ3n) is 3.97. The van der Waals surface area contributed by atoms with Crippen LogP contribution in [0.1, 0.15) is 25.8 Å². The number of carbonyl (C=O) groups is 1. The molecule has 5 heteroatoms. The zero-order valence-electron chi connectivity index (χ0n) is 14.5. The fraction of sp³-hybridized carbons (Fsp3) is 0.300. The highest BCUT2D eigenvalue weighted by atomic mass is 16.6. The highest BCUT2D eigenvalue weighted by molar-refractivity contribution is 6.01. The van der Waals surface area contributed by atoms with E-state index in [2.05, 4.69) is 52.2 Å². The van der Waals surface area contributed by atoms with Gasteiger partial charge in [-0.1, -0.05) is 59.8 Å². The lowest BCUT2D eigenvalue weighted by Gasteiger charge is -2.12. The third-order valence-corrected chi connectivity index (χ3v) is 3.97. The van der Waals surface area contributed by atoms with Crippen molar-refractivity contribution >= 4 is 11.7 Å². The fourth-order valence-electron chi connectivity index (χ4n) is 2.71. The van der Waals surface area contributed by atoms with Crippen LogP contribution in [0.3, 0.4) is 0 Å². The molecule has 0 fully saturated rings. The second-order valence-electron chi connectivity index (χ2n) is 6.42. The predicted octanol–water partition coefficient (Wildman–Crippen LogP) is 3.55. The Morgan fingerprint density at radius 3 is 2.40 bits per heavy atom. The van der Waals surface area contributed by atoms with E-state index >= 15 is 0 Å². The zero-order chi connectivity index (χ0) is 17.6. The number of oxime groups is 1. The Balaban J connectivity index is 1.54. The van der Waals surface area contributed by atoms with Gasteiger partial charge in [0.1, 0.15) is 0 Å². The summed E-state index contributed by atoms with van der Waals surface area (Å²) in [6, 6.07) is 18.5. The van der Waals surface area contributed by atoms with Gasteiger partial charge in [-0.15, -0.1) is 0 Å². The topological polar surface area (TPSA) is 62.7 Å². The van der Waals surface area contributed by atoms with Crippen molar-refractivity contribution in [2.45, 2.75) is 32.4 Å². The second-order valence-corrected chi connectivity index (χ2v) is 6.42. The molecule has 2 aromatic carbocycles. The molecule has 0 aromatic heterocycles. The van der Waals surface area contributed by atoms with E-state index in [4.69, 9.17) is 4.84 Å². The van der Waals surface area contributed by atoms with E-state index in [1.165, 1.54) is 11.1 Å². The number of rotatable bonds is 5. The minimum absolute atomic E-state index is 0.111. The maximum atomic E-state index is 11.6. The van der Waals surface area contributed by atoms with E-state index in [1.54, 1.807) is 0 Å². The minimum atomic E-state index is -0.181. The number of hydrogen-bond donors (Lipinski definition) is 2. The van der Waals surface area contributed by atoms with Crippen LogP contribution >= 0.6 is 0 Å². The molecule has 0 spiro atoms. The van der Waals surface area contributed by atoms with Crippen molar-refractivity contribution in [1.82, 2.24) is 10.6 Å². The van der Waals surface area contributed by atoms with Crippen molar-refractivity contribution in [3.8, 4) is 11.1 Å². The third kappa shape index (κ3) is 4.59. The van der Waals surface area contributed by atoms with Crippen LogP contribution in [0.4, 0.5) is 4.79 Å². The molecule has 1 aliphatic rings.